The summed E-state index contributed by atoms with van der Waals surface area (Å²) < 4.78 is 5.56. The van der Waals surface area contributed by atoms with Crippen molar-refractivity contribution in [1.29, 1.82) is 0 Å². The second kappa shape index (κ2) is 4.62. The average Bonchev–Trinajstić information content (AvgIpc) is 2.99. The monoisotopic (exact) mass is 262 g/mol. The molecule has 2 aliphatic heterocycles. The summed E-state index contributed by atoms with van der Waals surface area (Å²) in [5.74, 6) is -2.61. The van der Waals surface area contributed by atoms with Gasteiger partial charge in [-0.1, -0.05) is 0 Å². The Hall–Kier alpha value is -1.95. The molecule has 1 amide bonds. The van der Waals surface area contributed by atoms with Crippen LogP contribution in [0.3, 0.4) is 0 Å². The summed E-state index contributed by atoms with van der Waals surface area (Å²) in [6.45, 7) is 0. The minimum absolute atomic E-state index is 0.275. The number of rotatable bonds is 3. The first-order valence-corrected chi connectivity index (χ1v) is 6.26. The van der Waals surface area contributed by atoms with Gasteiger partial charge in [0, 0.05) is 6.20 Å². The third-order valence-corrected chi connectivity index (χ3v) is 3.79. The van der Waals surface area contributed by atoms with Crippen molar-refractivity contribution in [2.24, 2.45) is 11.8 Å². The molecule has 0 saturated carbocycles. The van der Waals surface area contributed by atoms with Crippen LogP contribution in [-0.4, -0.2) is 34.2 Å². The summed E-state index contributed by atoms with van der Waals surface area (Å²) in [4.78, 5) is 27.4. The highest BCUT2D eigenvalue weighted by Gasteiger charge is 2.55. The van der Waals surface area contributed by atoms with Crippen LogP contribution in [0.1, 0.15) is 12.8 Å². The number of fused-ring (bicyclic) bond motifs is 2. The molecule has 2 bridgehead atoms. The van der Waals surface area contributed by atoms with Crippen LogP contribution in [0.15, 0.2) is 24.5 Å². The van der Waals surface area contributed by atoms with Crippen molar-refractivity contribution in [1.82, 2.24) is 4.98 Å². The fraction of sp³-hybridized carbons (Fsp3) is 0.462. The second-order valence-electron chi connectivity index (χ2n) is 4.91. The largest absolute Gasteiger partial charge is 0.481 e. The van der Waals surface area contributed by atoms with Gasteiger partial charge >= 0.3 is 5.97 Å². The third-order valence-electron chi connectivity index (χ3n) is 3.79. The van der Waals surface area contributed by atoms with E-state index in [0.29, 0.717) is 5.69 Å². The molecule has 1 aromatic heterocycles. The smallest absolute Gasteiger partial charge is 0.310 e. The van der Waals surface area contributed by atoms with Crippen molar-refractivity contribution in [3.63, 3.8) is 0 Å². The Kier molecular flexibility index (Phi) is 2.94. The molecule has 6 nitrogen and oxygen atoms in total. The molecule has 6 heteroatoms. The number of nitrogens with zero attached hydrogens (tertiary/aromatic N) is 1. The first-order chi connectivity index (χ1) is 9.16. The van der Waals surface area contributed by atoms with E-state index in [2.05, 4.69) is 10.3 Å². The molecule has 2 fully saturated rings. The Morgan fingerprint density at radius 2 is 2.05 bits per heavy atom. The Labute approximate surface area is 109 Å². The van der Waals surface area contributed by atoms with E-state index in [1.165, 1.54) is 6.20 Å². The normalized spacial score (nSPS) is 32.2. The van der Waals surface area contributed by atoms with Gasteiger partial charge in [0.05, 0.1) is 35.9 Å². The molecule has 2 N–H and O–H groups in total. The van der Waals surface area contributed by atoms with Crippen molar-refractivity contribution in [3.05, 3.63) is 24.5 Å². The van der Waals surface area contributed by atoms with Crippen LogP contribution in [0, 0.1) is 11.8 Å². The fourth-order valence-corrected chi connectivity index (χ4v) is 2.99. The number of amides is 1. The minimum atomic E-state index is -0.960. The summed E-state index contributed by atoms with van der Waals surface area (Å²) in [6, 6.07) is 3.43. The van der Waals surface area contributed by atoms with Crippen LogP contribution >= 0.6 is 0 Å². The Morgan fingerprint density at radius 3 is 2.68 bits per heavy atom. The minimum Gasteiger partial charge on any atom is -0.481 e. The van der Waals surface area contributed by atoms with Crippen molar-refractivity contribution in [2.45, 2.75) is 25.0 Å². The lowest BCUT2D eigenvalue weighted by atomic mass is 9.78. The van der Waals surface area contributed by atoms with Crippen molar-refractivity contribution in [3.8, 4) is 0 Å². The zero-order chi connectivity index (χ0) is 13.4. The standard InChI is InChI=1S/C13H14N2O4/c16-12(15-7-2-1-5-14-6-7)10-8-3-4-9(19-8)11(10)13(17)18/h1-2,5-6,8-11H,3-4H2,(H,15,16)(H,17,18)/t8-,9-,10+,11-/m1/s1. The molecule has 19 heavy (non-hydrogen) atoms. The Balaban J connectivity index is 1.77. The quantitative estimate of drug-likeness (QED) is 0.844. The molecular weight excluding hydrogens is 248 g/mol. The van der Waals surface area contributed by atoms with E-state index in [4.69, 9.17) is 4.74 Å². The number of aromatic nitrogens is 1. The van der Waals surface area contributed by atoms with Gasteiger partial charge in [-0.05, 0) is 25.0 Å². The van der Waals surface area contributed by atoms with Crippen LogP contribution in [-0.2, 0) is 14.3 Å². The van der Waals surface area contributed by atoms with Crippen LogP contribution in [0.2, 0.25) is 0 Å². The van der Waals surface area contributed by atoms with E-state index in [-0.39, 0.29) is 18.1 Å². The van der Waals surface area contributed by atoms with E-state index >= 15 is 0 Å². The van der Waals surface area contributed by atoms with E-state index in [1.54, 1.807) is 18.3 Å². The summed E-state index contributed by atoms with van der Waals surface area (Å²) in [5, 5.41) is 12.0. The van der Waals surface area contributed by atoms with Crippen molar-refractivity contribution >= 4 is 17.6 Å². The number of ether oxygens (including phenoxy) is 1. The highest BCUT2D eigenvalue weighted by Crippen LogP contribution is 2.44. The molecule has 3 heterocycles. The molecule has 0 aliphatic carbocycles. The summed E-state index contributed by atoms with van der Waals surface area (Å²) in [7, 11) is 0. The molecule has 0 spiro atoms. The van der Waals surface area contributed by atoms with Gasteiger partial charge in [0.25, 0.3) is 0 Å². The topological polar surface area (TPSA) is 88.5 Å². The molecule has 100 valence electrons. The summed E-state index contributed by atoms with van der Waals surface area (Å²) in [6.07, 6.45) is 4.01. The zero-order valence-electron chi connectivity index (χ0n) is 10.2. The van der Waals surface area contributed by atoms with Gasteiger partial charge in [0.15, 0.2) is 0 Å². The SMILES string of the molecule is O=C(Nc1cccnc1)[C@@H]1[C@H](C(=O)O)[C@H]2CC[C@H]1O2. The number of nitrogens with one attached hydrogen (secondary N) is 1. The lowest BCUT2D eigenvalue weighted by Gasteiger charge is -2.23. The predicted molar refractivity (Wildman–Crippen MR) is 65.4 cm³/mol. The lowest BCUT2D eigenvalue weighted by Crippen LogP contribution is -2.40. The van der Waals surface area contributed by atoms with Crippen LogP contribution < -0.4 is 5.32 Å². The molecule has 2 saturated heterocycles. The number of carbonyl (C=O) groups is 2. The van der Waals surface area contributed by atoms with E-state index in [0.717, 1.165) is 12.8 Å². The van der Waals surface area contributed by atoms with E-state index < -0.39 is 17.8 Å². The summed E-state index contributed by atoms with van der Waals surface area (Å²) >= 11 is 0. The zero-order valence-corrected chi connectivity index (χ0v) is 10.2. The highest BCUT2D eigenvalue weighted by molar-refractivity contribution is 5.96. The molecule has 1 aromatic rings. The maximum Gasteiger partial charge on any atom is 0.310 e. The van der Waals surface area contributed by atoms with Crippen LogP contribution in [0.4, 0.5) is 5.69 Å². The first kappa shape index (κ1) is 12.1. The van der Waals surface area contributed by atoms with Gasteiger partial charge < -0.3 is 15.2 Å². The molecular formula is C13H14N2O4. The molecule has 4 atom stereocenters. The van der Waals surface area contributed by atoms with Crippen LogP contribution in [0.25, 0.3) is 0 Å². The van der Waals surface area contributed by atoms with Crippen LogP contribution in [0.5, 0.6) is 0 Å². The number of carbonyl (C=O) groups excluding carboxylic acids is 1. The summed E-state index contributed by atoms with van der Waals surface area (Å²) in [5.41, 5.74) is 0.569. The highest BCUT2D eigenvalue weighted by atomic mass is 16.5. The van der Waals surface area contributed by atoms with Gasteiger partial charge in [-0.25, -0.2) is 0 Å². The maximum atomic E-state index is 12.2. The number of hydrogen-bond donors (Lipinski definition) is 2. The molecule has 2 aliphatic rings. The van der Waals surface area contributed by atoms with E-state index in [1.807, 2.05) is 0 Å². The number of carboxylic acid groups (broad SMARTS) is 1. The maximum absolute atomic E-state index is 12.2. The lowest BCUT2D eigenvalue weighted by molar-refractivity contribution is -0.147. The van der Waals surface area contributed by atoms with Gasteiger partial charge in [-0.2, -0.15) is 0 Å². The number of anilines is 1. The molecule has 0 aromatic carbocycles. The number of hydrogen-bond acceptors (Lipinski definition) is 4. The van der Waals surface area contributed by atoms with Gasteiger partial charge in [0.1, 0.15) is 0 Å². The van der Waals surface area contributed by atoms with Crippen molar-refractivity contribution in [2.75, 3.05) is 5.32 Å². The molecule has 3 rings (SSSR count). The number of carboxylic acids is 1. The van der Waals surface area contributed by atoms with E-state index in [9.17, 15) is 14.7 Å². The predicted octanol–water partition coefficient (Wildman–Crippen LogP) is 0.898. The van der Waals surface area contributed by atoms with Crippen molar-refractivity contribution < 1.29 is 19.4 Å². The Morgan fingerprint density at radius 1 is 1.32 bits per heavy atom. The third kappa shape index (κ3) is 2.08. The number of pyridine rings is 1. The van der Waals surface area contributed by atoms with Gasteiger partial charge in [-0.3, -0.25) is 14.6 Å². The van der Waals surface area contributed by atoms with Gasteiger partial charge in [-0.15, -0.1) is 0 Å². The second-order valence-corrected chi connectivity index (χ2v) is 4.91. The van der Waals surface area contributed by atoms with Gasteiger partial charge in [0.2, 0.25) is 5.91 Å². The molecule has 0 unspecified atom stereocenters. The Bertz CT molecular complexity index is 505. The average molecular weight is 262 g/mol. The number of aliphatic carboxylic acids is 1. The molecule has 0 radical (unpaired) electrons. The first-order valence-electron chi connectivity index (χ1n) is 6.26. The fourth-order valence-electron chi connectivity index (χ4n) is 2.99.